The van der Waals surface area contributed by atoms with Gasteiger partial charge in [0.1, 0.15) is 5.76 Å². The summed E-state index contributed by atoms with van der Waals surface area (Å²) < 4.78 is 7.56. The molecule has 0 bridgehead atoms. The molecule has 1 unspecified atom stereocenters. The van der Waals surface area contributed by atoms with Gasteiger partial charge in [-0.3, -0.25) is 4.90 Å². The zero-order chi connectivity index (χ0) is 17.1. The molecule has 6 nitrogen and oxygen atoms in total. The van der Waals surface area contributed by atoms with Crippen LogP contribution in [0.4, 0.5) is 0 Å². The molecule has 2 aromatic heterocycles. The average molecular weight is 344 g/mol. The van der Waals surface area contributed by atoms with E-state index in [0.29, 0.717) is 12.0 Å². The second kappa shape index (κ2) is 7.72. The quantitative estimate of drug-likeness (QED) is 0.837. The van der Waals surface area contributed by atoms with E-state index in [1.807, 2.05) is 30.9 Å². The monoisotopic (exact) mass is 344 g/mol. The predicted octanol–water partition coefficient (Wildman–Crippen LogP) is 1.87. The molecule has 3 atom stereocenters. The number of hydrogen-bond donors (Lipinski definition) is 2. The SMILES string of the molecule is O[C@@H]1CC(Cn2ccnc2)C[C@H]1NC1CCN(Cc2ccco2)CC1. The molecule has 0 radical (unpaired) electrons. The average Bonchev–Trinajstić information content (AvgIpc) is 3.34. The number of nitrogens with zero attached hydrogens (tertiary/aromatic N) is 3. The van der Waals surface area contributed by atoms with Crippen molar-refractivity contribution in [3.8, 4) is 0 Å². The van der Waals surface area contributed by atoms with Crippen LogP contribution in [0.3, 0.4) is 0 Å². The summed E-state index contributed by atoms with van der Waals surface area (Å²) in [6.45, 7) is 4.02. The number of hydrogen-bond acceptors (Lipinski definition) is 5. The lowest BCUT2D eigenvalue weighted by molar-refractivity contribution is 0.122. The Morgan fingerprint density at radius 2 is 2.16 bits per heavy atom. The Labute approximate surface area is 148 Å². The molecule has 0 amide bonds. The molecule has 2 aliphatic rings. The molecule has 1 aliphatic heterocycles. The van der Waals surface area contributed by atoms with Gasteiger partial charge in [-0.1, -0.05) is 0 Å². The Balaban J connectivity index is 1.21. The van der Waals surface area contributed by atoms with Crippen molar-refractivity contribution in [2.45, 2.75) is 57.0 Å². The summed E-state index contributed by atoms with van der Waals surface area (Å²) in [7, 11) is 0. The first-order valence-corrected chi connectivity index (χ1v) is 9.41. The molecule has 25 heavy (non-hydrogen) atoms. The maximum Gasteiger partial charge on any atom is 0.117 e. The minimum Gasteiger partial charge on any atom is -0.468 e. The van der Waals surface area contributed by atoms with Crippen LogP contribution in [0.1, 0.15) is 31.4 Å². The highest BCUT2D eigenvalue weighted by atomic mass is 16.3. The molecule has 1 saturated carbocycles. The highest BCUT2D eigenvalue weighted by Gasteiger charge is 2.34. The topological polar surface area (TPSA) is 66.5 Å². The van der Waals surface area contributed by atoms with Crippen molar-refractivity contribution in [2.75, 3.05) is 13.1 Å². The lowest BCUT2D eigenvalue weighted by Crippen LogP contribution is -2.48. The van der Waals surface area contributed by atoms with E-state index in [-0.39, 0.29) is 12.1 Å². The third-order valence-corrected chi connectivity index (χ3v) is 5.65. The van der Waals surface area contributed by atoms with Crippen LogP contribution in [-0.4, -0.2) is 50.8 Å². The summed E-state index contributed by atoms with van der Waals surface area (Å²) in [5, 5.41) is 14.2. The van der Waals surface area contributed by atoms with E-state index in [2.05, 4.69) is 19.8 Å². The van der Waals surface area contributed by atoms with Crippen LogP contribution in [0.5, 0.6) is 0 Å². The molecule has 2 N–H and O–H groups in total. The number of furan rings is 1. The van der Waals surface area contributed by atoms with Crippen LogP contribution < -0.4 is 5.32 Å². The Morgan fingerprint density at radius 1 is 1.28 bits per heavy atom. The van der Waals surface area contributed by atoms with E-state index in [4.69, 9.17) is 4.42 Å². The van der Waals surface area contributed by atoms with Crippen LogP contribution in [0.25, 0.3) is 0 Å². The zero-order valence-electron chi connectivity index (χ0n) is 14.6. The molecular formula is C19H28N4O2. The van der Waals surface area contributed by atoms with Crippen molar-refractivity contribution in [3.63, 3.8) is 0 Å². The minimum absolute atomic E-state index is 0.227. The molecule has 1 saturated heterocycles. The second-order valence-corrected chi connectivity index (χ2v) is 7.57. The summed E-state index contributed by atoms with van der Waals surface area (Å²) in [5.74, 6) is 1.57. The van der Waals surface area contributed by atoms with Crippen molar-refractivity contribution in [3.05, 3.63) is 42.9 Å². The molecule has 0 spiro atoms. The van der Waals surface area contributed by atoms with Crippen molar-refractivity contribution in [1.29, 1.82) is 0 Å². The zero-order valence-corrected chi connectivity index (χ0v) is 14.6. The van der Waals surface area contributed by atoms with Gasteiger partial charge < -0.3 is 19.4 Å². The van der Waals surface area contributed by atoms with E-state index < -0.39 is 0 Å². The third-order valence-electron chi connectivity index (χ3n) is 5.65. The molecule has 3 heterocycles. The molecule has 2 fully saturated rings. The van der Waals surface area contributed by atoms with E-state index in [1.165, 1.54) is 0 Å². The lowest BCUT2D eigenvalue weighted by Gasteiger charge is -2.34. The van der Waals surface area contributed by atoms with Gasteiger partial charge in [0.15, 0.2) is 0 Å². The van der Waals surface area contributed by atoms with Crippen molar-refractivity contribution in [2.24, 2.45) is 5.92 Å². The fraction of sp³-hybridized carbons (Fsp3) is 0.632. The molecule has 6 heteroatoms. The number of imidazole rings is 1. The van der Waals surface area contributed by atoms with Gasteiger partial charge in [-0.2, -0.15) is 0 Å². The summed E-state index contributed by atoms with van der Waals surface area (Å²) in [6, 6.07) is 4.74. The Kier molecular flexibility index (Phi) is 5.20. The van der Waals surface area contributed by atoms with Crippen LogP contribution in [0.15, 0.2) is 41.5 Å². The van der Waals surface area contributed by atoms with Gasteiger partial charge in [-0.25, -0.2) is 4.98 Å². The Bertz CT molecular complexity index is 620. The Hall–Kier alpha value is -1.63. The van der Waals surface area contributed by atoms with Gasteiger partial charge in [-0.15, -0.1) is 0 Å². The third kappa shape index (κ3) is 4.32. The summed E-state index contributed by atoms with van der Waals surface area (Å²) in [4.78, 5) is 6.55. The van der Waals surface area contributed by atoms with Gasteiger partial charge in [0.25, 0.3) is 0 Å². The van der Waals surface area contributed by atoms with Crippen molar-refractivity contribution in [1.82, 2.24) is 19.8 Å². The van der Waals surface area contributed by atoms with Crippen LogP contribution in [0.2, 0.25) is 0 Å². The van der Waals surface area contributed by atoms with Crippen LogP contribution in [0, 0.1) is 5.92 Å². The first-order valence-electron chi connectivity index (χ1n) is 9.41. The second-order valence-electron chi connectivity index (χ2n) is 7.57. The predicted molar refractivity (Wildman–Crippen MR) is 94.9 cm³/mol. The van der Waals surface area contributed by atoms with Gasteiger partial charge in [0.05, 0.1) is 25.2 Å². The number of rotatable bonds is 6. The number of aliphatic hydroxyl groups excluding tert-OH is 1. The summed E-state index contributed by atoms with van der Waals surface area (Å²) in [6.07, 6.45) is 11.4. The number of nitrogens with one attached hydrogen (secondary N) is 1. The van der Waals surface area contributed by atoms with Crippen molar-refractivity contribution >= 4 is 0 Å². The number of piperidine rings is 1. The van der Waals surface area contributed by atoms with Crippen LogP contribution >= 0.6 is 0 Å². The fourth-order valence-electron chi connectivity index (χ4n) is 4.32. The smallest absolute Gasteiger partial charge is 0.117 e. The largest absolute Gasteiger partial charge is 0.468 e. The van der Waals surface area contributed by atoms with Gasteiger partial charge in [0, 0.05) is 44.1 Å². The summed E-state index contributed by atoms with van der Waals surface area (Å²) in [5.41, 5.74) is 0. The molecule has 0 aromatic carbocycles. The first-order chi connectivity index (χ1) is 12.3. The fourth-order valence-corrected chi connectivity index (χ4v) is 4.32. The van der Waals surface area contributed by atoms with E-state index in [9.17, 15) is 5.11 Å². The number of aromatic nitrogens is 2. The van der Waals surface area contributed by atoms with E-state index >= 15 is 0 Å². The summed E-state index contributed by atoms with van der Waals surface area (Å²) >= 11 is 0. The normalized spacial score (nSPS) is 28.6. The van der Waals surface area contributed by atoms with Gasteiger partial charge >= 0.3 is 0 Å². The first kappa shape index (κ1) is 16.8. The van der Waals surface area contributed by atoms with Crippen LogP contribution in [-0.2, 0) is 13.1 Å². The van der Waals surface area contributed by atoms with E-state index in [1.54, 1.807) is 6.26 Å². The molecular weight excluding hydrogens is 316 g/mol. The molecule has 136 valence electrons. The number of aliphatic hydroxyl groups is 1. The standard InChI is InChI=1S/C19H28N4O2/c24-19-11-15(12-23-8-5-20-14-23)10-18(19)21-16-3-6-22(7-4-16)13-17-2-1-9-25-17/h1-2,5,8-9,14-16,18-19,21,24H,3-4,6-7,10-13H2/t15?,18-,19-/m1/s1. The number of likely N-dealkylation sites (tertiary alicyclic amines) is 1. The Morgan fingerprint density at radius 3 is 2.88 bits per heavy atom. The maximum absolute atomic E-state index is 10.4. The maximum atomic E-state index is 10.4. The molecule has 2 aromatic rings. The van der Waals surface area contributed by atoms with E-state index in [0.717, 1.165) is 57.6 Å². The minimum atomic E-state index is -0.227. The molecule has 1 aliphatic carbocycles. The van der Waals surface area contributed by atoms with Gasteiger partial charge in [0.2, 0.25) is 0 Å². The molecule has 4 rings (SSSR count). The lowest BCUT2D eigenvalue weighted by atomic mass is 10.0. The van der Waals surface area contributed by atoms with Gasteiger partial charge in [-0.05, 0) is 43.7 Å². The highest BCUT2D eigenvalue weighted by Crippen LogP contribution is 2.28. The van der Waals surface area contributed by atoms with Crippen molar-refractivity contribution < 1.29 is 9.52 Å². The highest BCUT2D eigenvalue weighted by molar-refractivity contribution is 4.99.